The first-order chi connectivity index (χ1) is 2.00. The Hall–Kier alpha value is 2.62. The molecule has 11 heteroatoms. The normalized spacial score (nSPS) is 5.36. The van der Waals surface area contributed by atoms with E-state index in [4.69, 9.17) is 13.2 Å². The Morgan fingerprint density at radius 3 is 0.909 bits per heavy atom. The maximum atomic E-state index is 8.97. The van der Waals surface area contributed by atoms with Crippen molar-refractivity contribution in [3.05, 3.63) is 0 Å². The van der Waals surface area contributed by atoms with Crippen LogP contribution in [0.2, 0.25) is 0 Å². The molecule has 0 aromatic carbocycles. The molecule has 0 bridgehead atoms. The summed E-state index contributed by atoms with van der Waals surface area (Å²) < 4.78 is 30.8. The summed E-state index contributed by atoms with van der Waals surface area (Å²) in [6, 6.07) is 0. The third-order valence-electron chi connectivity index (χ3n) is 0. The van der Waals surface area contributed by atoms with Crippen molar-refractivity contribution in [3.8, 4) is 0 Å². The molecule has 0 spiro atoms. The summed E-state index contributed by atoms with van der Waals surface area (Å²) in [6.07, 6.45) is 0. The van der Waals surface area contributed by atoms with Crippen LogP contribution in [0.5, 0.6) is 0 Å². The fourth-order valence-corrected chi connectivity index (χ4v) is 0. The molecule has 8 nitrogen and oxygen atoms in total. The van der Waals surface area contributed by atoms with Gasteiger partial charge in [0.15, 0.2) is 0 Å². The monoisotopic (exact) mass is 448 g/mol. The molecule has 0 aliphatic carbocycles. The van der Waals surface area contributed by atoms with E-state index in [0.29, 0.717) is 0 Å². The van der Waals surface area contributed by atoms with Gasteiger partial charge in [-0.15, -0.1) is 0 Å². The van der Waals surface area contributed by atoms with Gasteiger partial charge in [0.2, 0.25) is 0 Å². The number of hydrogen-bond donors (Lipinski definition) is 3. The molecule has 0 heterocycles. The van der Waals surface area contributed by atoms with Gasteiger partial charge in [0.05, 0.1) is 0 Å². The van der Waals surface area contributed by atoms with Gasteiger partial charge in [-0.3, -0.25) is 0 Å². The maximum Gasteiger partial charge on any atom is 0 e. The Bertz CT molecular complexity index is 68.3. The molecule has 0 aliphatic heterocycles. The third-order valence-corrected chi connectivity index (χ3v) is 0. The van der Waals surface area contributed by atoms with Crippen LogP contribution in [-0.2, 0) is 24.7 Å². The van der Waals surface area contributed by atoms with Gasteiger partial charge in [-0.2, -0.15) is 0 Å². The predicted octanol–water partition coefficient (Wildman–Crippen LogP) is -5.63. The van der Waals surface area contributed by atoms with E-state index in [1.807, 2.05) is 0 Å². The van der Waals surface area contributed by atoms with Crippen molar-refractivity contribution in [2.75, 3.05) is 0 Å². The van der Waals surface area contributed by atoms with Crippen LogP contribution in [0.3, 0.4) is 0 Å². The van der Waals surface area contributed by atoms with Crippen molar-refractivity contribution in [1.29, 1.82) is 0 Å². The molecule has 0 unspecified atom stereocenters. The standard InChI is InChI=1S/Ba.7H2O.O.Sb.Ti.2H/h;7*1H2;;;;;/q+2;;;;;;;;;+3;;2*-1/p-3. The Labute approximate surface area is 126 Å². The zero-order valence-electron chi connectivity index (χ0n) is 7.40. The Morgan fingerprint density at radius 1 is 0.909 bits per heavy atom. The van der Waals surface area contributed by atoms with Crippen LogP contribution in [-0.4, -0.2) is 101 Å². The molecule has 0 fully saturated rings. The molecule has 72 valence electrons. The molecule has 0 rings (SSSR count). The second kappa shape index (κ2) is 22.9. The van der Waals surface area contributed by atoms with Gasteiger partial charge in [0, 0.05) is 21.7 Å². The zero-order chi connectivity index (χ0) is 4.50. The molecule has 0 radical (unpaired) electrons. The van der Waals surface area contributed by atoms with E-state index in [9.17, 15) is 0 Å². The average molecular weight is 448 g/mol. The SMILES string of the molecule is O.O.O.O.[Ba+2].[H-].[H-].[O]=[Sb]([OH])([OH])[OH].[Ti]. The summed E-state index contributed by atoms with van der Waals surface area (Å²) in [5.41, 5.74) is 0. The fourth-order valence-electron chi connectivity index (χ4n) is 0. The van der Waals surface area contributed by atoms with Crippen LogP contribution >= 0.6 is 0 Å². The minimum atomic E-state index is -5.35. The van der Waals surface area contributed by atoms with E-state index < -0.39 is 20.1 Å². The summed E-state index contributed by atoms with van der Waals surface area (Å²) in [5, 5.41) is 0. The molecule has 0 aromatic rings. The third kappa shape index (κ3) is 207. The predicted molar refractivity (Wildman–Crippen MR) is 35.5 cm³/mol. The van der Waals surface area contributed by atoms with Crippen LogP contribution in [0.1, 0.15) is 2.85 Å². The smallest absolute Gasteiger partial charge is 0 e. The summed E-state index contributed by atoms with van der Waals surface area (Å²) in [7, 11) is 0. The summed E-state index contributed by atoms with van der Waals surface area (Å²) in [6.45, 7) is 0. The van der Waals surface area contributed by atoms with Crippen molar-refractivity contribution in [2.45, 2.75) is 0 Å². The molecule has 0 aliphatic rings. The van der Waals surface area contributed by atoms with E-state index in [1.54, 1.807) is 0 Å². The largest absolute Gasteiger partial charge is 0 e. The quantitative estimate of drug-likeness (QED) is 0.310. The summed E-state index contributed by atoms with van der Waals surface area (Å²) in [4.78, 5) is 0. The number of rotatable bonds is 0. The first kappa shape index (κ1) is 49.5. The van der Waals surface area contributed by atoms with E-state index in [-0.39, 0.29) is 95.4 Å². The fraction of sp³-hybridized carbons (Fsp3) is 0. The molecule has 11 N–H and O–H groups in total. The number of hydrogen-bond acceptors (Lipinski definition) is 1. The van der Waals surface area contributed by atoms with E-state index in [2.05, 4.69) is 0 Å². The minimum absolute atomic E-state index is 0. The van der Waals surface area contributed by atoms with Crippen LogP contribution < -0.4 is 0 Å². The molecular formula is H13BaO8SbTi. The zero-order valence-corrected chi connectivity index (χ0v) is 14.0. The van der Waals surface area contributed by atoms with Crippen molar-refractivity contribution < 1.29 is 59.6 Å². The van der Waals surface area contributed by atoms with Gasteiger partial charge >= 0.3 is 82.1 Å². The van der Waals surface area contributed by atoms with E-state index in [1.165, 1.54) is 0 Å². The van der Waals surface area contributed by atoms with E-state index >= 15 is 0 Å². The molecule has 0 saturated carbocycles. The summed E-state index contributed by atoms with van der Waals surface area (Å²) >= 11 is -5.35. The molecule has 0 saturated heterocycles. The van der Waals surface area contributed by atoms with Crippen molar-refractivity contribution >= 4 is 68.9 Å². The van der Waals surface area contributed by atoms with Gasteiger partial charge < -0.3 is 24.8 Å². The van der Waals surface area contributed by atoms with Gasteiger partial charge in [-0.1, -0.05) is 0 Å². The van der Waals surface area contributed by atoms with Crippen LogP contribution in [0, 0.1) is 0 Å². The van der Waals surface area contributed by atoms with Gasteiger partial charge in [-0.25, -0.2) is 0 Å². The Morgan fingerprint density at radius 2 is 0.909 bits per heavy atom. The van der Waals surface area contributed by atoms with Crippen LogP contribution in [0.4, 0.5) is 0 Å². The van der Waals surface area contributed by atoms with E-state index in [0.717, 1.165) is 0 Å². The topological polar surface area (TPSA) is 204 Å². The molecule has 0 atom stereocenters. The first-order valence-electron chi connectivity index (χ1n) is 0.783. The van der Waals surface area contributed by atoms with Gasteiger partial charge in [0.1, 0.15) is 0 Å². The average Bonchev–Trinajstić information content (AvgIpc) is 0.722. The van der Waals surface area contributed by atoms with Gasteiger partial charge in [0.25, 0.3) is 0 Å². The molecule has 11 heavy (non-hydrogen) atoms. The van der Waals surface area contributed by atoms with Crippen LogP contribution in [0.25, 0.3) is 0 Å². The molecule has 0 aromatic heterocycles. The molecular weight excluding hydrogens is 435 g/mol. The second-order valence-corrected chi connectivity index (χ2v) is 3.44. The summed E-state index contributed by atoms with van der Waals surface area (Å²) in [5.74, 6) is 0. The van der Waals surface area contributed by atoms with Crippen molar-refractivity contribution in [1.82, 2.24) is 0 Å². The van der Waals surface area contributed by atoms with Crippen molar-refractivity contribution in [3.63, 3.8) is 0 Å². The van der Waals surface area contributed by atoms with Crippen molar-refractivity contribution in [2.24, 2.45) is 0 Å². The minimum Gasteiger partial charge on any atom is 0 e. The van der Waals surface area contributed by atoms with Gasteiger partial charge in [-0.05, 0) is 0 Å². The Balaban J connectivity index is -0.00000000286. The second-order valence-electron chi connectivity index (χ2n) is 0.513. The van der Waals surface area contributed by atoms with Crippen LogP contribution in [0.15, 0.2) is 0 Å². The maximum absolute atomic E-state index is 8.97. The first-order valence-corrected chi connectivity index (χ1v) is 5.25. The Kier molecular flexibility index (Phi) is 103. The molecule has 0 amide bonds.